The van der Waals surface area contributed by atoms with Crippen LogP contribution >= 0.6 is 0 Å². The Kier molecular flexibility index (Phi) is 11.1. The van der Waals surface area contributed by atoms with Crippen molar-refractivity contribution in [2.24, 2.45) is 0 Å². The van der Waals surface area contributed by atoms with E-state index in [2.05, 4.69) is 34.4 Å². The summed E-state index contributed by atoms with van der Waals surface area (Å²) < 4.78 is 23.4. The SMILES string of the molecule is COCC(C)(OC)OOOC(=O)OC(=O)OOOC(C)(COC)OC. The number of hydrogen-bond donors (Lipinski definition) is 0. The summed E-state index contributed by atoms with van der Waals surface area (Å²) in [5.41, 5.74) is 0. The van der Waals surface area contributed by atoms with Crippen molar-refractivity contribution in [2.75, 3.05) is 41.7 Å². The molecule has 13 nitrogen and oxygen atoms in total. The third kappa shape index (κ3) is 10.1. The predicted molar refractivity (Wildman–Crippen MR) is 73.0 cm³/mol. The molecule has 148 valence electrons. The molecule has 0 aromatic carbocycles. The maximum atomic E-state index is 11.1. The summed E-state index contributed by atoms with van der Waals surface area (Å²) in [4.78, 5) is 39.5. The fourth-order valence-electron chi connectivity index (χ4n) is 1.09. The van der Waals surface area contributed by atoms with Crippen LogP contribution in [0.3, 0.4) is 0 Å². The molecule has 0 amide bonds. The third-order valence-corrected chi connectivity index (χ3v) is 2.47. The highest BCUT2D eigenvalue weighted by atomic mass is 17.5. The van der Waals surface area contributed by atoms with Crippen LogP contribution in [0.2, 0.25) is 0 Å². The molecule has 2 unspecified atom stereocenters. The Bertz CT molecular complexity index is 366. The van der Waals surface area contributed by atoms with Crippen LogP contribution in [-0.4, -0.2) is 65.5 Å². The van der Waals surface area contributed by atoms with Crippen LogP contribution in [0.15, 0.2) is 0 Å². The Hall–Kier alpha value is -1.58. The lowest BCUT2D eigenvalue weighted by Gasteiger charge is -2.23. The molecule has 0 saturated carbocycles. The van der Waals surface area contributed by atoms with E-state index in [0.717, 1.165) is 0 Å². The van der Waals surface area contributed by atoms with E-state index < -0.39 is 23.9 Å². The van der Waals surface area contributed by atoms with Crippen LogP contribution in [0, 0.1) is 0 Å². The molecule has 25 heavy (non-hydrogen) atoms. The van der Waals surface area contributed by atoms with Gasteiger partial charge in [-0.15, -0.1) is 0 Å². The van der Waals surface area contributed by atoms with Crippen molar-refractivity contribution >= 4 is 12.3 Å². The molecule has 0 aliphatic heterocycles. The Balaban J connectivity index is 4.05. The lowest BCUT2D eigenvalue weighted by Crippen LogP contribution is -2.37. The van der Waals surface area contributed by atoms with Gasteiger partial charge in [-0.25, -0.2) is 9.78 Å². The second-order valence-electron chi connectivity index (χ2n) is 4.61. The lowest BCUT2D eigenvalue weighted by molar-refractivity contribution is -0.555. The standard InChI is InChI=1S/C12H22O13/c1-11(17-5,7-15-3)22-24-20-9(13)19-10(14)21-25-23-12(2,18-6)8-16-4/h7-8H2,1-6H3. The minimum absolute atomic E-state index is 0.0468. The fraction of sp³-hybridized carbons (Fsp3) is 0.833. The average Bonchev–Trinajstić information content (AvgIpc) is 2.55. The highest BCUT2D eigenvalue weighted by Crippen LogP contribution is 2.13. The van der Waals surface area contributed by atoms with Crippen LogP contribution in [-0.2, 0) is 53.3 Å². The monoisotopic (exact) mass is 374 g/mol. The van der Waals surface area contributed by atoms with E-state index in [-0.39, 0.29) is 13.2 Å². The highest BCUT2D eigenvalue weighted by molar-refractivity contribution is 5.76. The van der Waals surface area contributed by atoms with Crippen LogP contribution in [0.5, 0.6) is 0 Å². The normalized spacial score (nSPS) is 15.8. The van der Waals surface area contributed by atoms with Gasteiger partial charge < -0.3 is 23.7 Å². The molecule has 0 bridgehead atoms. The molecule has 0 aromatic heterocycles. The van der Waals surface area contributed by atoms with Crippen LogP contribution in [0.25, 0.3) is 0 Å². The maximum absolute atomic E-state index is 11.1. The van der Waals surface area contributed by atoms with E-state index >= 15 is 0 Å². The molecule has 0 aliphatic rings. The molecule has 13 heteroatoms. The third-order valence-electron chi connectivity index (χ3n) is 2.47. The minimum atomic E-state index is -1.61. The van der Waals surface area contributed by atoms with Gasteiger partial charge in [0.15, 0.2) is 0 Å². The topological polar surface area (TPSA) is 136 Å². The number of carbonyl (C=O) groups is 2. The maximum Gasteiger partial charge on any atom is 0.553 e. The van der Waals surface area contributed by atoms with Crippen molar-refractivity contribution in [1.29, 1.82) is 0 Å². The molecule has 0 heterocycles. The molecule has 0 N–H and O–H groups in total. The molecule has 0 aliphatic carbocycles. The van der Waals surface area contributed by atoms with E-state index in [0.29, 0.717) is 0 Å². The minimum Gasteiger partial charge on any atom is -0.379 e. The summed E-state index contributed by atoms with van der Waals surface area (Å²) >= 11 is 0. The summed E-state index contributed by atoms with van der Waals surface area (Å²) in [6.07, 6.45) is -3.23. The first-order valence-corrected chi connectivity index (χ1v) is 6.63. The van der Waals surface area contributed by atoms with Gasteiger partial charge in [0.25, 0.3) is 0 Å². The van der Waals surface area contributed by atoms with Gasteiger partial charge in [-0.1, -0.05) is 0 Å². The smallest absolute Gasteiger partial charge is 0.379 e. The highest BCUT2D eigenvalue weighted by Gasteiger charge is 2.29. The Morgan fingerprint density at radius 2 is 1.08 bits per heavy atom. The van der Waals surface area contributed by atoms with E-state index in [1.54, 1.807) is 0 Å². The van der Waals surface area contributed by atoms with Crippen molar-refractivity contribution in [3.05, 3.63) is 0 Å². The van der Waals surface area contributed by atoms with Gasteiger partial charge in [-0.3, -0.25) is 0 Å². The zero-order chi connectivity index (χ0) is 19.3. The quantitative estimate of drug-likeness (QED) is 0.158. The Morgan fingerprint density at radius 1 is 0.720 bits per heavy atom. The van der Waals surface area contributed by atoms with Crippen LogP contribution < -0.4 is 0 Å². The van der Waals surface area contributed by atoms with Gasteiger partial charge in [0.1, 0.15) is 13.2 Å². The fourth-order valence-corrected chi connectivity index (χ4v) is 1.09. The molecule has 0 spiro atoms. The van der Waals surface area contributed by atoms with Crippen LogP contribution in [0.4, 0.5) is 9.59 Å². The van der Waals surface area contributed by atoms with Gasteiger partial charge in [0, 0.05) is 28.4 Å². The van der Waals surface area contributed by atoms with E-state index in [1.807, 2.05) is 0 Å². The number of ether oxygens (including phenoxy) is 5. The lowest BCUT2D eigenvalue weighted by atomic mass is 10.3. The molecule has 0 radical (unpaired) electrons. The number of carbonyl (C=O) groups excluding carboxylic acids is 2. The first-order chi connectivity index (χ1) is 11.7. The van der Waals surface area contributed by atoms with Crippen molar-refractivity contribution in [1.82, 2.24) is 0 Å². The van der Waals surface area contributed by atoms with Crippen molar-refractivity contribution in [2.45, 2.75) is 25.4 Å². The van der Waals surface area contributed by atoms with E-state index in [9.17, 15) is 9.59 Å². The van der Waals surface area contributed by atoms with Gasteiger partial charge in [-0.2, -0.15) is 19.4 Å². The molecule has 2 atom stereocenters. The second-order valence-corrected chi connectivity index (χ2v) is 4.61. The van der Waals surface area contributed by atoms with Crippen molar-refractivity contribution < 1.29 is 62.9 Å². The van der Waals surface area contributed by atoms with Gasteiger partial charge in [-0.05, 0) is 23.9 Å². The summed E-state index contributed by atoms with van der Waals surface area (Å²) in [5.74, 6) is -2.73. The molecule has 0 saturated heterocycles. The molecule has 0 fully saturated rings. The molecule has 0 rings (SSSR count). The number of hydrogen-bond acceptors (Lipinski definition) is 13. The van der Waals surface area contributed by atoms with Crippen molar-refractivity contribution in [3.8, 4) is 0 Å². The summed E-state index contributed by atoms with van der Waals surface area (Å²) in [6.45, 7) is 2.76. The Labute approximate surface area is 143 Å². The number of methoxy groups -OCH3 is 4. The van der Waals surface area contributed by atoms with Gasteiger partial charge in [0.05, 0.1) is 0 Å². The summed E-state index contributed by atoms with van der Waals surface area (Å²) in [5, 5.41) is 8.23. The average molecular weight is 374 g/mol. The molecular formula is C12H22O13. The molecular weight excluding hydrogens is 352 g/mol. The summed E-state index contributed by atoms with van der Waals surface area (Å²) in [7, 11) is 5.36. The summed E-state index contributed by atoms with van der Waals surface area (Å²) in [6, 6.07) is 0. The van der Waals surface area contributed by atoms with Crippen molar-refractivity contribution in [3.63, 3.8) is 0 Å². The van der Waals surface area contributed by atoms with E-state index in [1.165, 1.54) is 42.3 Å². The predicted octanol–water partition coefficient (Wildman–Crippen LogP) is 1.02. The largest absolute Gasteiger partial charge is 0.553 e. The first-order valence-electron chi connectivity index (χ1n) is 6.63. The number of rotatable bonds is 12. The Morgan fingerprint density at radius 3 is 1.36 bits per heavy atom. The van der Waals surface area contributed by atoms with Crippen LogP contribution in [0.1, 0.15) is 13.8 Å². The van der Waals surface area contributed by atoms with Gasteiger partial charge >= 0.3 is 12.3 Å². The zero-order valence-corrected chi connectivity index (χ0v) is 14.7. The zero-order valence-electron chi connectivity index (χ0n) is 14.7. The van der Waals surface area contributed by atoms with E-state index in [4.69, 9.17) is 18.9 Å². The molecule has 0 aromatic rings. The first kappa shape index (κ1) is 23.4. The second kappa shape index (κ2) is 11.9. The van der Waals surface area contributed by atoms with Gasteiger partial charge in [0.2, 0.25) is 11.6 Å².